The van der Waals surface area contributed by atoms with Crippen molar-refractivity contribution in [3.05, 3.63) is 17.0 Å². The molecule has 1 unspecified atom stereocenters. The maximum absolute atomic E-state index is 11.8. The third-order valence-corrected chi connectivity index (χ3v) is 3.87. The Morgan fingerprint density at radius 1 is 1.47 bits per heavy atom. The lowest BCUT2D eigenvalue weighted by Crippen LogP contribution is -2.25. The predicted octanol–water partition coefficient (Wildman–Crippen LogP) is 1.60. The summed E-state index contributed by atoms with van der Waals surface area (Å²) in [4.78, 5) is 23.9. The Balaban J connectivity index is 1.81. The van der Waals surface area contributed by atoms with Gasteiger partial charge in [0, 0.05) is 12.5 Å². The minimum atomic E-state index is -0.419. The summed E-state index contributed by atoms with van der Waals surface area (Å²) in [5.74, 6) is 0.0332. The van der Waals surface area contributed by atoms with Crippen LogP contribution in [0.25, 0.3) is 0 Å². The Kier molecular flexibility index (Phi) is 4.55. The zero-order chi connectivity index (χ0) is 13.8. The zero-order valence-corrected chi connectivity index (χ0v) is 11.6. The number of nitrogens with one attached hydrogen (secondary N) is 2. The minimum Gasteiger partial charge on any atom is -0.393 e. The average Bonchev–Trinajstić information content (AvgIpc) is 3.10. The number of rotatable bonds is 6. The van der Waals surface area contributed by atoms with Crippen molar-refractivity contribution in [3.63, 3.8) is 0 Å². The van der Waals surface area contributed by atoms with E-state index in [0.717, 1.165) is 12.8 Å². The van der Waals surface area contributed by atoms with Gasteiger partial charge >= 0.3 is 0 Å². The Morgan fingerprint density at radius 2 is 2.21 bits per heavy atom. The van der Waals surface area contributed by atoms with Gasteiger partial charge in [0.05, 0.1) is 16.0 Å². The molecule has 1 atom stereocenters. The fourth-order valence-corrected chi connectivity index (χ4v) is 2.40. The summed E-state index contributed by atoms with van der Waals surface area (Å²) in [5, 5.41) is 15.4. The normalized spacial score (nSPS) is 15.9. The number of anilines is 1. The predicted molar refractivity (Wildman–Crippen MR) is 74.3 cm³/mol. The second kappa shape index (κ2) is 6.16. The van der Waals surface area contributed by atoms with Crippen LogP contribution < -0.4 is 10.6 Å². The van der Waals surface area contributed by atoms with Crippen molar-refractivity contribution in [1.29, 1.82) is 0 Å². The summed E-state index contributed by atoms with van der Waals surface area (Å²) in [6.07, 6.45) is 2.04. The van der Waals surface area contributed by atoms with Crippen LogP contribution >= 0.6 is 11.3 Å². The lowest BCUT2D eigenvalue weighted by Gasteiger charge is -2.05. The van der Waals surface area contributed by atoms with E-state index in [2.05, 4.69) is 10.6 Å². The summed E-state index contributed by atoms with van der Waals surface area (Å²) in [5.41, 5.74) is 0. The fourth-order valence-electron chi connectivity index (χ4n) is 1.58. The summed E-state index contributed by atoms with van der Waals surface area (Å²) in [6, 6.07) is 3.44. The van der Waals surface area contributed by atoms with E-state index < -0.39 is 6.10 Å². The molecular formula is C13H18N2O3S. The maximum Gasteiger partial charge on any atom is 0.261 e. The molecule has 0 radical (unpaired) electrons. The van der Waals surface area contributed by atoms with Crippen LogP contribution in [0.2, 0.25) is 0 Å². The third-order valence-electron chi connectivity index (χ3n) is 2.87. The molecule has 0 aromatic carbocycles. The number of aliphatic hydroxyl groups excluding tert-OH is 1. The first-order valence-electron chi connectivity index (χ1n) is 6.43. The van der Waals surface area contributed by atoms with Crippen LogP contribution in [0, 0.1) is 5.92 Å². The van der Waals surface area contributed by atoms with Crippen molar-refractivity contribution in [1.82, 2.24) is 5.32 Å². The highest BCUT2D eigenvalue weighted by atomic mass is 32.1. The lowest BCUT2D eigenvalue weighted by molar-refractivity contribution is -0.117. The summed E-state index contributed by atoms with van der Waals surface area (Å²) in [6.45, 7) is 2.13. The van der Waals surface area contributed by atoms with Gasteiger partial charge < -0.3 is 15.7 Å². The number of hydrogen-bond acceptors (Lipinski definition) is 4. The molecule has 1 heterocycles. The van der Waals surface area contributed by atoms with E-state index in [4.69, 9.17) is 5.11 Å². The van der Waals surface area contributed by atoms with E-state index in [9.17, 15) is 9.59 Å². The highest BCUT2D eigenvalue weighted by molar-refractivity contribution is 7.18. The monoisotopic (exact) mass is 282 g/mol. The molecule has 1 aromatic heterocycles. The molecule has 2 rings (SSSR count). The molecule has 0 spiro atoms. The Labute approximate surface area is 116 Å². The van der Waals surface area contributed by atoms with Gasteiger partial charge in [0.2, 0.25) is 5.91 Å². The lowest BCUT2D eigenvalue weighted by atomic mass is 10.3. The van der Waals surface area contributed by atoms with E-state index >= 15 is 0 Å². The summed E-state index contributed by atoms with van der Waals surface area (Å²) in [7, 11) is 0. The molecule has 0 saturated heterocycles. The number of carbonyl (C=O) groups excluding carboxylic acids is 2. The Hall–Kier alpha value is -1.40. The standard InChI is InChI=1S/C13H18N2O3S/c1-8(16)6-7-14-13(18)10-4-5-11(19-10)15-12(17)9-2-3-9/h4-5,8-9,16H,2-3,6-7H2,1H3,(H,14,18)(H,15,17). The Morgan fingerprint density at radius 3 is 2.84 bits per heavy atom. The molecule has 3 N–H and O–H groups in total. The highest BCUT2D eigenvalue weighted by Crippen LogP contribution is 2.31. The van der Waals surface area contributed by atoms with E-state index in [1.165, 1.54) is 11.3 Å². The average molecular weight is 282 g/mol. The second-order valence-electron chi connectivity index (χ2n) is 4.82. The van der Waals surface area contributed by atoms with Gasteiger partial charge in [-0.2, -0.15) is 0 Å². The SMILES string of the molecule is CC(O)CCNC(=O)c1ccc(NC(=O)C2CC2)s1. The molecule has 2 amide bonds. The highest BCUT2D eigenvalue weighted by Gasteiger charge is 2.29. The van der Waals surface area contributed by atoms with Gasteiger partial charge in [0.1, 0.15) is 0 Å². The van der Waals surface area contributed by atoms with Crippen LogP contribution in [0.5, 0.6) is 0 Å². The molecule has 1 aliphatic rings. The maximum atomic E-state index is 11.8. The molecule has 1 saturated carbocycles. The van der Waals surface area contributed by atoms with Crippen LogP contribution in [-0.2, 0) is 4.79 Å². The van der Waals surface area contributed by atoms with Gasteiger partial charge in [-0.05, 0) is 38.3 Å². The fraction of sp³-hybridized carbons (Fsp3) is 0.538. The van der Waals surface area contributed by atoms with Gasteiger partial charge in [0.25, 0.3) is 5.91 Å². The molecule has 1 fully saturated rings. The van der Waals surface area contributed by atoms with Crippen molar-refractivity contribution in [2.75, 3.05) is 11.9 Å². The van der Waals surface area contributed by atoms with Crippen molar-refractivity contribution < 1.29 is 14.7 Å². The van der Waals surface area contributed by atoms with Crippen molar-refractivity contribution in [3.8, 4) is 0 Å². The molecule has 104 valence electrons. The van der Waals surface area contributed by atoms with Crippen molar-refractivity contribution >= 4 is 28.2 Å². The second-order valence-corrected chi connectivity index (χ2v) is 5.90. The smallest absolute Gasteiger partial charge is 0.261 e. The van der Waals surface area contributed by atoms with E-state index in [0.29, 0.717) is 22.8 Å². The number of hydrogen-bond donors (Lipinski definition) is 3. The van der Waals surface area contributed by atoms with Crippen LogP contribution in [-0.4, -0.2) is 29.6 Å². The Bertz CT molecular complexity index is 466. The van der Waals surface area contributed by atoms with Crippen molar-refractivity contribution in [2.45, 2.75) is 32.3 Å². The van der Waals surface area contributed by atoms with Crippen LogP contribution in [0.15, 0.2) is 12.1 Å². The largest absolute Gasteiger partial charge is 0.393 e. The first-order valence-corrected chi connectivity index (χ1v) is 7.25. The van der Waals surface area contributed by atoms with E-state index in [1.54, 1.807) is 19.1 Å². The quantitative estimate of drug-likeness (QED) is 0.741. The third kappa shape index (κ3) is 4.33. The molecule has 1 aromatic rings. The summed E-state index contributed by atoms with van der Waals surface area (Å²) < 4.78 is 0. The van der Waals surface area contributed by atoms with Crippen LogP contribution in [0.4, 0.5) is 5.00 Å². The molecule has 6 heteroatoms. The molecule has 0 aliphatic heterocycles. The van der Waals surface area contributed by atoms with Gasteiger partial charge in [0.15, 0.2) is 0 Å². The number of carbonyl (C=O) groups is 2. The molecule has 1 aliphatic carbocycles. The van der Waals surface area contributed by atoms with Gasteiger partial charge in [-0.25, -0.2) is 0 Å². The van der Waals surface area contributed by atoms with E-state index in [-0.39, 0.29) is 17.7 Å². The molecular weight excluding hydrogens is 264 g/mol. The zero-order valence-electron chi connectivity index (χ0n) is 10.8. The van der Waals surface area contributed by atoms with Crippen LogP contribution in [0.1, 0.15) is 35.9 Å². The first-order chi connectivity index (χ1) is 9.06. The van der Waals surface area contributed by atoms with Gasteiger partial charge in [-0.15, -0.1) is 11.3 Å². The number of amides is 2. The minimum absolute atomic E-state index is 0.0444. The summed E-state index contributed by atoms with van der Waals surface area (Å²) >= 11 is 1.27. The number of thiophene rings is 1. The van der Waals surface area contributed by atoms with Gasteiger partial charge in [-0.1, -0.05) is 0 Å². The molecule has 5 nitrogen and oxygen atoms in total. The molecule has 19 heavy (non-hydrogen) atoms. The number of aliphatic hydroxyl groups is 1. The van der Waals surface area contributed by atoms with Crippen LogP contribution in [0.3, 0.4) is 0 Å². The van der Waals surface area contributed by atoms with Gasteiger partial charge in [-0.3, -0.25) is 9.59 Å². The first kappa shape index (κ1) is 14.0. The van der Waals surface area contributed by atoms with Crippen molar-refractivity contribution in [2.24, 2.45) is 5.92 Å². The van der Waals surface area contributed by atoms with E-state index in [1.807, 2.05) is 0 Å². The molecule has 0 bridgehead atoms. The topological polar surface area (TPSA) is 78.4 Å².